The van der Waals surface area contributed by atoms with Crippen LogP contribution in [-0.2, 0) is 6.42 Å². The van der Waals surface area contributed by atoms with Crippen molar-refractivity contribution in [3.05, 3.63) is 101 Å². The van der Waals surface area contributed by atoms with Gasteiger partial charge < -0.3 is 10.4 Å². The molecule has 166 valence electrons. The fraction of sp³-hybridized carbons (Fsp3) is 0.115. The zero-order valence-corrected chi connectivity index (χ0v) is 18.9. The van der Waals surface area contributed by atoms with Gasteiger partial charge >= 0.3 is 6.09 Å². The van der Waals surface area contributed by atoms with Crippen molar-refractivity contribution < 1.29 is 14.7 Å². The summed E-state index contributed by atoms with van der Waals surface area (Å²) in [4.78, 5) is 30.2. The largest absolute Gasteiger partial charge is 0.465 e. The standard InChI is InChI=1S/C26H23N3O3S/c1-18-6-8-19(9-7-18)23-4-2-3-5-24(23)25(30)28-20-10-12-22(13-11-20)29(26(31)32)15-14-21-16-33-17-27-21/h2-13,16-17H,14-15H2,1H3,(H,28,30)(H,31,32). The van der Waals surface area contributed by atoms with Gasteiger partial charge in [0.25, 0.3) is 5.91 Å². The summed E-state index contributed by atoms with van der Waals surface area (Å²) in [7, 11) is 0. The van der Waals surface area contributed by atoms with E-state index in [0.29, 0.717) is 29.9 Å². The Kier molecular flexibility index (Phi) is 6.80. The van der Waals surface area contributed by atoms with E-state index < -0.39 is 6.09 Å². The molecule has 0 spiro atoms. The van der Waals surface area contributed by atoms with Gasteiger partial charge in [0.2, 0.25) is 0 Å². The van der Waals surface area contributed by atoms with Crippen LogP contribution in [0, 0.1) is 6.92 Å². The number of thiazole rings is 1. The first-order valence-electron chi connectivity index (χ1n) is 10.5. The molecule has 0 aliphatic rings. The third kappa shape index (κ3) is 5.45. The molecule has 1 heterocycles. The van der Waals surface area contributed by atoms with Crippen LogP contribution in [0.1, 0.15) is 21.6 Å². The van der Waals surface area contributed by atoms with E-state index in [1.807, 2.05) is 54.8 Å². The van der Waals surface area contributed by atoms with Crippen LogP contribution in [0.2, 0.25) is 0 Å². The van der Waals surface area contributed by atoms with Crippen molar-refractivity contribution in [3.63, 3.8) is 0 Å². The maximum Gasteiger partial charge on any atom is 0.411 e. The van der Waals surface area contributed by atoms with Gasteiger partial charge in [0, 0.05) is 35.3 Å². The lowest BCUT2D eigenvalue weighted by Crippen LogP contribution is -2.31. The van der Waals surface area contributed by atoms with Crippen molar-refractivity contribution >= 4 is 34.7 Å². The van der Waals surface area contributed by atoms with Gasteiger partial charge in [0.05, 0.1) is 11.2 Å². The number of carbonyl (C=O) groups excluding carboxylic acids is 1. The summed E-state index contributed by atoms with van der Waals surface area (Å²) in [5.74, 6) is -0.224. The van der Waals surface area contributed by atoms with Crippen molar-refractivity contribution in [2.75, 3.05) is 16.8 Å². The van der Waals surface area contributed by atoms with Gasteiger partial charge in [0.15, 0.2) is 0 Å². The van der Waals surface area contributed by atoms with Crippen LogP contribution in [0.4, 0.5) is 16.2 Å². The number of hydrogen-bond acceptors (Lipinski definition) is 4. The van der Waals surface area contributed by atoms with Crippen LogP contribution in [0.5, 0.6) is 0 Å². The third-order valence-corrected chi connectivity index (χ3v) is 5.91. The number of aromatic nitrogens is 1. The molecule has 0 saturated carbocycles. The van der Waals surface area contributed by atoms with E-state index in [4.69, 9.17) is 0 Å². The zero-order chi connectivity index (χ0) is 23.2. The van der Waals surface area contributed by atoms with Crippen molar-refractivity contribution in [2.24, 2.45) is 0 Å². The second-order valence-electron chi connectivity index (χ2n) is 7.58. The molecular weight excluding hydrogens is 434 g/mol. The lowest BCUT2D eigenvalue weighted by Gasteiger charge is -2.19. The second kappa shape index (κ2) is 10.1. The van der Waals surface area contributed by atoms with Gasteiger partial charge in [0.1, 0.15) is 0 Å². The van der Waals surface area contributed by atoms with Gasteiger partial charge in [-0.05, 0) is 48.4 Å². The quantitative estimate of drug-likeness (QED) is 0.351. The number of nitrogens with zero attached hydrogens (tertiary/aromatic N) is 2. The monoisotopic (exact) mass is 457 g/mol. The molecule has 0 radical (unpaired) electrons. The molecule has 7 heteroatoms. The van der Waals surface area contributed by atoms with Gasteiger partial charge in [-0.3, -0.25) is 9.69 Å². The zero-order valence-electron chi connectivity index (χ0n) is 18.1. The first-order chi connectivity index (χ1) is 16.0. The Bertz CT molecular complexity index is 1240. The molecule has 2 N–H and O–H groups in total. The Labute approximate surface area is 196 Å². The van der Waals surface area contributed by atoms with Crippen LogP contribution in [-0.4, -0.2) is 28.6 Å². The number of amides is 2. The smallest absolute Gasteiger partial charge is 0.411 e. The number of nitrogens with one attached hydrogen (secondary N) is 1. The number of rotatable bonds is 7. The lowest BCUT2D eigenvalue weighted by molar-refractivity contribution is 0.102. The maximum atomic E-state index is 13.0. The number of anilines is 2. The molecule has 6 nitrogen and oxygen atoms in total. The number of carboxylic acid groups (broad SMARTS) is 1. The van der Waals surface area contributed by atoms with E-state index in [-0.39, 0.29) is 5.91 Å². The van der Waals surface area contributed by atoms with Crippen molar-refractivity contribution in [1.29, 1.82) is 0 Å². The van der Waals surface area contributed by atoms with E-state index in [0.717, 1.165) is 22.4 Å². The molecule has 2 amide bonds. The second-order valence-corrected chi connectivity index (χ2v) is 8.30. The van der Waals surface area contributed by atoms with E-state index in [9.17, 15) is 14.7 Å². The average molecular weight is 458 g/mol. The topological polar surface area (TPSA) is 82.5 Å². The molecule has 0 fully saturated rings. The van der Waals surface area contributed by atoms with Crippen LogP contribution in [0.25, 0.3) is 11.1 Å². The minimum absolute atomic E-state index is 0.224. The van der Waals surface area contributed by atoms with E-state index >= 15 is 0 Å². The summed E-state index contributed by atoms with van der Waals surface area (Å²) in [6.45, 7) is 2.32. The highest BCUT2D eigenvalue weighted by Crippen LogP contribution is 2.26. The predicted molar refractivity (Wildman–Crippen MR) is 132 cm³/mol. The van der Waals surface area contributed by atoms with Crippen molar-refractivity contribution in [3.8, 4) is 11.1 Å². The van der Waals surface area contributed by atoms with E-state index in [2.05, 4.69) is 10.3 Å². The van der Waals surface area contributed by atoms with Gasteiger partial charge in [-0.25, -0.2) is 9.78 Å². The summed E-state index contributed by atoms with van der Waals surface area (Å²) < 4.78 is 0. The SMILES string of the molecule is Cc1ccc(-c2ccccc2C(=O)Nc2ccc(N(CCc3cscn3)C(=O)O)cc2)cc1. The van der Waals surface area contributed by atoms with Crippen molar-refractivity contribution in [2.45, 2.75) is 13.3 Å². The minimum atomic E-state index is -1.03. The molecule has 0 bridgehead atoms. The molecule has 4 rings (SSSR count). The number of hydrogen-bond donors (Lipinski definition) is 2. The Morgan fingerprint density at radius 3 is 2.39 bits per heavy atom. The molecule has 4 aromatic rings. The van der Waals surface area contributed by atoms with Gasteiger partial charge in [-0.1, -0.05) is 48.0 Å². The summed E-state index contributed by atoms with van der Waals surface area (Å²) >= 11 is 1.48. The molecule has 0 saturated heterocycles. The van der Waals surface area contributed by atoms with Crippen LogP contribution >= 0.6 is 11.3 Å². The van der Waals surface area contributed by atoms with E-state index in [1.54, 1.807) is 35.8 Å². The molecular formula is C26H23N3O3S. The fourth-order valence-electron chi connectivity index (χ4n) is 3.51. The van der Waals surface area contributed by atoms with Crippen LogP contribution < -0.4 is 10.2 Å². The molecule has 0 unspecified atom stereocenters. The fourth-order valence-corrected chi connectivity index (χ4v) is 4.10. The molecule has 33 heavy (non-hydrogen) atoms. The summed E-state index contributed by atoms with van der Waals surface area (Å²) in [5.41, 5.74) is 7.27. The normalized spacial score (nSPS) is 10.6. The first kappa shape index (κ1) is 22.2. The number of benzene rings is 3. The Balaban J connectivity index is 1.48. The minimum Gasteiger partial charge on any atom is -0.465 e. The highest BCUT2D eigenvalue weighted by Gasteiger charge is 2.16. The van der Waals surface area contributed by atoms with Gasteiger partial charge in [-0.15, -0.1) is 11.3 Å². The summed E-state index contributed by atoms with van der Waals surface area (Å²) in [6, 6.07) is 22.3. The predicted octanol–water partition coefficient (Wildman–Crippen LogP) is 6.10. The maximum absolute atomic E-state index is 13.0. The highest BCUT2D eigenvalue weighted by atomic mass is 32.1. The van der Waals surface area contributed by atoms with Gasteiger partial charge in [-0.2, -0.15) is 0 Å². The Morgan fingerprint density at radius 2 is 1.73 bits per heavy atom. The lowest BCUT2D eigenvalue weighted by atomic mass is 9.98. The summed E-state index contributed by atoms with van der Waals surface area (Å²) in [5, 5.41) is 14.4. The molecule has 3 aromatic carbocycles. The number of carbonyl (C=O) groups is 2. The summed E-state index contributed by atoms with van der Waals surface area (Å²) in [6.07, 6.45) is -0.501. The number of aryl methyl sites for hydroxylation is 1. The van der Waals surface area contributed by atoms with Crippen LogP contribution in [0.15, 0.2) is 83.7 Å². The molecule has 0 aliphatic heterocycles. The van der Waals surface area contributed by atoms with Crippen LogP contribution in [0.3, 0.4) is 0 Å². The Hall–Kier alpha value is -3.97. The third-order valence-electron chi connectivity index (χ3n) is 5.28. The Morgan fingerprint density at radius 1 is 1.00 bits per heavy atom. The molecule has 0 aliphatic carbocycles. The molecule has 0 atom stereocenters. The average Bonchev–Trinajstić information content (AvgIpc) is 3.34. The van der Waals surface area contributed by atoms with E-state index in [1.165, 1.54) is 16.2 Å². The highest BCUT2D eigenvalue weighted by molar-refractivity contribution is 7.07. The molecule has 1 aromatic heterocycles. The first-order valence-corrected chi connectivity index (χ1v) is 11.4. The van der Waals surface area contributed by atoms with Crippen molar-refractivity contribution in [1.82, 2.24) is 4.98 Å².